The maximum absolute atomic E-state index is 5.92. The highest BCUT2D eigenvalue weighted by atomic mass is 35.5. The van der Waals surface area contributed by atoms with Crippen molar-refractivity contribution in [3.8, 4) is 0 Å². The molecule has 0 spiro atoms. The van der Waals surface area contributed by atoms with Crippen LogP contribution in [0.1, 0.15) is 18.9 Å². The molecule has 0 amide bonds. The summed E-state index contributed by atoms with van der Waals surface area (Å²) in [5, 5.41) is 0.725. The molecule has 2 N–H and O–H groups in total. The summed E-state index contributed by atoms with van der Waals surface area (Å²) in [6.07, 6.45) is 0.782. The minimum absolute atomic E-state index is 0.334. The van der Waals surface area contributed by atoms with Crippen molar-refractivity contribution in [2.24, 2.45) is 5.73 Å². The third kappa shape index (κ3) is 2.47. The van der Waals surface area contributed by atoms with Crippen LogP contribution in [0.15, 0.2) is 24.3 Å². The van der Waals surface area contributed by atoms with E-state index >= 15 is 0 Å². The fraction of sp³-hybridized carbons (Fsp3) is 0.455. The minimum Gasteiger partial charge on any atom is -0.374 e. The van der Waals surface area contributed by atoms with E-state index in [2.05, 4.69) is 0 Å². The second kappa shape index (κ2) is 4.78. The average molecular weight is 214 g/mol. The Morgan fingerprint density at radius 2 is 2.21 bits per heavy atom. The van der Waals surface area contributed by atoms with Crippen LogP contribution in [0.3, 0.4) is 0 Å². The zero-order valence-electron chi connectivity index (χ0n) is 8.59. The average Bonchev–Trinajstić information content (AvgIpc) is 2.18. The number of benzene rings is 1. The van der Waals surface area contributed by atoms with Gasteiger partial charge in [-0.25, -0.2) is 0 Å². The second-order valence-corrected chi connectivity index (χ2v) is 3.92. The van der Waals surface area contributed by atoms with Gasteiger partial charge >= 0.3 is 0 Å². The van der Waals surface area contributed by atoms with Gasteiger partial charge in [0.25, 0.3) is 0 Å². The van der Waals surface area contributed by atoms with E-state index in [4.69, 9.17) is 22.1 Å². The molecule has 1 atom stereocenters. The Hall–Kier alpha value is -0.570. The summed E-state index contributed by atoms with van der Waals surface area (Å²) >= 11 is 5.92. The Balaban J connectivity index is 2.99. The van der Waals surface area contributed by atoms with Crippen LogP contribution >= 0.6 is 11.6 Å². The fourth-order valence-electron chi connectivity index (χ4n) is 1.46. The molecular weight excluding hydrogens is 198 g/mol. The quantitative estimate of drug-likeness (QED) is 0.835. The molecule has 0 aliphatic carbocycles. The molecule has 1 rings (SSSR count). The van der Waals surface area contributed by atoms with Crippen molar-refractivity contribution in [1.82, 2.24) is 0 Å². The van der Waals surface area contributed by atoms with E-state index in [0.717, 1.165) is 17.0 Å². The topological polar surface area (TPSA) is 35.2 Å². The molecule has 0 fully saturated rings. The van der Waals surface area contributed by atoms with Crippen LogP contribution in [-0.4, -0.2) is 13.7 Å². The standard InChI is InChI=1S/C11H16ClNO/c1-11(14-2,6-7-13)9-4-3-5-10(12)8-9/h3-5,8H,6-7,13H2,1-2H3. The van der Waals surface area contributed by atoms with Crippen LogP contribution in [0.4, 0.5) is 0 Å². The summed E-state index contributed by atoms with van der Waals surface area (Å²) in [5.41, 5.74) is 6.29. The van der Waals surface area contributed by atoms with E-state index in [-0.39, 0.29) is 5.60 Å². The smallest absolute Gasteiger partial charge is 0.0912 e. The lowest BCUT2D eigenvalue weighted by atomic mass is 9.92. The van der Waals surface area contributed by atoms with Gasteiger partial charge in [-0.15, -0.1) is 0 Å². The van der Waals surface area contributed by atoms with Crippen molar-refractivity contribution in [2.75, 3.05) is 13.7 Å². The number of nitrogens with two attached hydrogens (primary N) is 1. The van der Waals surface area contributed by atoms with Gasteiger partial charge in [0.2, 0.25) is 0 Å². The molecule has 0 saturated carbocycles. The van der Waals surface area contributed by atoms with Gasteiger partial charge < -0.3 is 10.5 Å². The van der Waals surface area contributed by atoms with E-state index in [1.54, 1.807) is 7.11 Å². The van der Waals surface area contributed by atoms with Crippen molar-refractivity contribution in [1.29, 1.82) is 0 Å². The maximum atomic E-state index is 5.92. The zero-order chi connectivity index (χ0) is 10.6. The third-order valence-electron chi connectivity index (χ3n) is 2.51. The minimum atomic E-state index is -0.334. The van der Waals surface area contributed by atoms with E-state index < -0.39 is 0 Å². The van der Waals surface area contributed by atoms with Crippen LogP contribution in [-0.2, 0) is 10.3 Å². The monoisotopic (exact) mass is 213 g/mol. The number of ether oxygens (including phenoxy) is 1. The first-order chi connectivity index (χ1) is 6.62. The summed E-state index contributed by atoms with van der Waals surface area (Å²) in [6, 6.07) is 7.70. The van der Waals surface area contributed by atoms with Crippen LogP contribution in [0, 0.1) is 0 Å². The molecule has 0 aromatic heterocycles. The van der Waals surface area contributed by atoms with Gasteiger partial charge in [0.05, 0.1) is 5.60 Å². The summed E-state index contributed by atoms with van der Waals surface area (Å²) in [7, 11) is 1.69. The number of methoxy groups -OCH3 is 1. The van der Waals surface area contributed by atoms with Crippen LogP contribution < -0.4 is 5.73 Å². The lowest BCUT2D eigenvalue weighted by Gasteiger charge is -2.28. The number of hydrogen-bond donors (Lipinski definition) is 1. The predicted molar refractivity (Wildman–Crippen MR) is 59.5 cm³/mol. The Labute approximate surface area is 90.0 Å². The predicted octanol–water partition coefficient (Wildman–Crippen LogP) is 2.55. The van der Waals surface area contributed by atoms with Crippen LogP contribution in [0.25, 0.3) is 0 Å². The Kier molecular flexibility index (Phi) is 3.93. The summed E-state index contributed by atoms with van der Waals surface area (Å²) < 4.78 is 5.48. The largest absolute Gasteiger partial charge is 0.374 e. The zero-order valence-corrected chi connectivity index (χ0v) is 9.34. The van der Waals surface area contributed by atoms with Crippen molar-refractivity contribution >= 4 is 11.6 Å². The summed E-state index contributed by atoms with van der Waals surface area (Å²) in [6.45, 7) is 2.61. The molecule has 0 saturated heterocycles. The molecule has 0 aliphatic rings. The molecule has 3 heteroatoms. The van der Waals surface area contributed by atoms with Gasteiger partial charge in [-0.2, -0.15) is 0 Å². The van der Waals surface area contributed by atoms with Gasteiger partial charge in [0.1, 0.15) is 0 Å². The molecule has 1 unspecified atom stereocenters. The number of halogens is 1. The van der Waals surface area contributed by atoms with E-state index in [0.29, 0.717) is 6.54 Å². The molecule has 0 heterocycles. The Morgan fingerprint density at radius 3 is 2.71 bits per heavy atom. The highest BCUT2D eigenvalue weighted by Crippen LogP contribution is 2.29. The first kappa shape index (κ1) is 11.5. The number of rotatable bonds is 4. The van der Waals surface area contributed by atoms with Crippen molar-refractivity contribution < 1.29 is 4.74 Å². The van der Waals surface area contributed by atoms with Crippen molar-refractivity contribution in [2.45, 2.75) is 18.9 Å². The molecule has 2 nitrogen and oxygen atoms in total. The first-order valence-corrected chi connectivity index (χ1v) is 5.01. The molecule has 14 heavy (non-hydrogen) atoms. The summed E-state index contributed by atoms with van der Waals surface area (Å²) in [4.78, 5) is 0. The molecule has 0 aliphatic heterocycles. The fourth-order valence-corrected chi connectivity index (χ4v) is 1.65. The van der Waals surface area contributed by atoms with Gasteiger partial charge in [-0.3, -0.25) is 0 Å². The third-order valence-corrected chi connectivity index (χ3v) is 2.74. The SMILES string of the molecule is COC(C)(CCN)c1cccc(Cl)c1. The van der Waals surface area contributed by atoms with Crippen molar-refractivity contribution in [3.05, 3.63) is 34.9 Å². The Morgan fingerprint density at radius 1 is 1.50 bits per heavy atom. The highest BCUT2D eigenvalue weighted by molar-refractivity contribution is 6.30. The van der Waals surface area contributed by atoms with Crippen LogP contribution in [0.2, 0.25) is 5.02 Å². The molecular formula is C11H16ClNO. The molecule has 1 aromatic carbocycles. The van der Waals surface area contributed by atoms with Gasteiger partial charge in [0, 0.05) is 12.1 Å². The number of hydrogen-bond acceptors (Lipinski definition) is 2. The van der Waals surface area contributed by atoms with E-state index in [1.807, 2.05) is 31.2 Å². The van der Waals surface area contributed by atoms with Gasteiger partial charge in [-0.05, 0) is 37.6 Å². The molecule has 0 radical (unpaired) electrons. The normalized spacial score (nSPS) is 15.1. The van der Waals surface area contributed by atoms with Crippen molar-refractivity contribution in [3.63, 3.8) is 0 Å². The Bertz CT molecular complexity index is 303. The van der Waals surface area contributed by atoms with Crippen LogP contribution in [0.5, 0.6) is 0 Å². The van der Waals surface area contributed by atoms with Gasteiger partial charge in [0.15, 0.2) is 0 Å². The first-order valence-electron chi connectivity index (χ1n) is 4.63. The summed E-state index contributed by atoms with van der Waals surface area (Å²) in [5.74, 6) is 0. The lowest BCUT2D eigenvalue weighted by molar-refractivity contribution is -0.00338. The lowest BCUT2D eigenvalue weighted by Crippen LogP contribution is -2.27. The molecule has 78 valence electrons. The van der Waals surface area contributed by atoms with E-state index in [1.165, 1.54) is 0 Å². The van der Waals surface area contributed by atoms with Gasteiger partial charge in [-0.1, -0.05) is 23.7 Å². The van der Waals surface area contributed by atoms with E-state index in [9.17, 15) is 0 Å². The second-order valence-electron chi connectivity index (χ2n) is 3.48. The highest BCUT2D eigenvalue weighted by Gasteiger charge is 2.25. The molecule has 1 aromatic rings. The maximum Gasteiger partial charge on any atom is 0.0912 e. The molecule has 0 bridgehead atoms.